The molecule has 0 unspecified atom stereocenters. The molecule has 0 fully saturated rings. The van der Waals surface area contributed by atoms with Gasteiger partial charge in [0.1, 0.15) is 13.2 Å². The molecule has 2 aliphatic heterocycles. The Labute approximate surface area is 171 Å². The number of ether oxygens (including phenoxy) is 2. The molecule has 6 nitrogen and oxygen atoms in total. The third-order valence-electron chi connectivity index (χ3n) is 4.97. The van der Waals surface area contributed by atoms with Crippen molar-refractivity contribution in [3.63, 3.8) is 0 Å². The minimum absolute atomic E-state index is 0. The van der Waals surface area contributed by atoms with Gasteiger partial charge in [-0.05, 0) is 36.2 Å². The van der Waals surface area contributed by atoms with Crippen molar-refractivity contribution >= 4 is 29.7 Å². The summed E-state index contributed by atoms with van der Waals surface area (Å²) >= 11 is 0. The van der Waals surface area contributed by atoms with Gasteiger partial charge in [-0.2, -0.15) is 0 Å². The Morgan fingerprint density at radius 1 is 1.18 bits per heavy atom. The Hall–Kier alpha value is -2.44. The maximum atomic E-state index is 12.5. The number of carbonyl (C=O) groups is 1. The molecule has 0 atom stereocenters. The first-order valence-corrected chi connectivity index (χ1v) is 9.49. The molecular weight excluding hydrogens is 378 g/mol. The van der Waals surface area contributed by atoms with Crippen molar-refractivity contribution in [1.82, 2.24) is 4.90 Å². The van der Waals surface area contributed by atoms with Gasteiger partial charge in [-0.25, -0.2) is 0 Å². The van der Waals surface area contributed by atoms with Crippen molar-refractivity contribution in [1.29, 1.82) is 0 Å². The van der Waals surface area contributed by atoms with Gasteiger partial charge in [-0.15, -0.1) is 12.4 Å². The van der Waals surface area contributed by atoms with E-state index >= 15 is 0 Å². The fourth-order valence-electron chi connectivity index (χ4n) is 3.59. The molecule has 7 heteroatoms. The lowest BCUT2D eigenvalue weighted by molar-refractivity contribution is -0.117. The van der Waals surface area contributed by atoms with Crippen molar-refractivity contribution < 1.29 is 14.3 Å². The lowest BCUT2D eigenvalue weighted by Crippen LogP contribution is -2.33. The Morgan fingerprint density at radius 3 is 2.82 bits per heavy atom. The zero-order valence-electron chi connectivity index (χ0n) is 16.0. The van der Waals surface area contributed by atoms with E-state index in [-0.39, 0.29) is 18.3 Å². The van der Waals surface area contributed by atoms with Crippen molar-refractivity contribution in [3.8, 4) is 11.5 Å². The molecule has 2 aromatic rings. The second kappa shape index (κ2) is 9.17. The summed E-state index contributed by atoms with van der Waals surface area (Å²) in [6, 6.07) is 11.9. The van der Waals surface area contributed by atoms with E-state index in [1.54, 1.807) is 0 Å². The average molecular weight is 404 g/mol. The number of likely N-dealkylation sites (N-methyl/N-ethyl adjacent to an activating group) is 1. The van der Waals surface area contributed by atoms with Gasteiger partial charge >= 0.3 is 0 Å². The van der Waals surface area contributed by atoms with Crippen molar-refractivity contribution in [2.45, 2.75) is 19.9 Å². The molecule has 4 rings (SSSR count). The van der Waals surface area contributed by atoms with Gasteiger partial charge in [-0.1, -0.05) is 25.1 Å². The molecule has 0 spiro atoms. The summed E-state index contributed by atoms with van der Waals surface area (Å²) < 4.78 is 11.1. The van der Waals surface area contributed by atoms with Crippen LogP contribution in [0.1, 0.15) is 18.1 Å². The zero-order chi connectivity index (χ0) is 18.6. The maximum Gasteiger partial charge on any atom is 0.238 e. The third kappa shape index (κ3) is 4.51. The first-order chi connectivity index (χ1) is 13.2. The molecule has 0 saturated carbocycles. The van der Waals surface area contributed by atoms with E-state index in [0.29, 0.717) is 25.5 Å². The number of rotatable bonds is 6. The van der Waals surface area contributed by atoms with Crippen LogP contribution in [0, 0.1) is 0 Å². The Bertz CT molecular complexity index is 844. The monoisotopic (exact) mass is 403 g/mol. The third-order valence-corrected chi connectivity index (χ3v) is 4.97. The van der Waals surface area contributed by atoms with Crippen LogP contribution in [0.3, 0.4) is 0 Å². The van der Waals surface area contributed by atoms with Crippen LogP contribution in [-0.2, 0) is 17.8 Å². The van der Waals surface area contributed by atoms with Crippen molar-refractivity contribution in [2.75, 3.05) is 43.5 Å². The first kappa shape index (κ1) is 20.3. The van der Waals surface area contributed by atoms with E-state index in [1.807, 2.05) is 18.2 Å². The second-order valence-corrected chi connectivity index (χ2v) is 6.84. The van der Waals surface area contributed by atoms with Gasteiger partial charge in [0.15, 0.2) is 11.5 Å². The molecule has 0 bridgehead atoms. The van der Waals surface area contributed by atoms with E-state index in [9.17, 15) is 4.79 Å². The first-order valence-electron chi connectivity index (χ1n) is 9.49. The minimum Gasteiger partial charge on any atom is -0.486 e. The van der Waals surface area contributed by atoms with Crippen LogP contribution in [0.4, 0.5) is 11.4 Å². The van der Waals surface area contributed by atoms with Crippen LogP contribution in [0.2, 0.25) is 0 Å². The number of amides is 1. The number of carbonyl (C=O) groups excluding carboxylic acids is 1. The van der Waals surface area contributed by atoms with Gasteiger partial charge in [-0.3, -0.25) is 9.69 Å². The zero-order valence-corrected chi connectivity index (χ0v) is 16.8. The molecule has 2 heterocycles. The van der Waals surface area contributed by atoms with Gasteiger partial charge in [0.25, 0.3) is 0 Å². The number of hydrogen-bond donors (Lipinski definition) is 2. The standard InChI is InChI=1S/C21H25N3O3.ClH/c1-2-24(13-16-5-3-4-15-8-9-22-21(15)16)14-20(25)23-17-6-7-18-19(12-17)27-11-10-26-18;/h3-7,12,22H,2,8-11,13-14H2,1H3,(H,23,25);1H. The summed E-state index contributed by atoms with van der Waals surface area (Å²) in [4.78, 5) is 14.7. The average Bonchev–Trinajstić information content (AvgIpc) is 3.17. The highest BCUT2D eigenvalue weighted by Crippen LogP contribution is 2.32. The molecule has 28 heavy (non-hydrogen) atoms. The predicted molar refractivity (Wildman–Crippen MR) is 113 cm³/mol. The summed E-state index contributed by atoms with van der Waals surface area (Å²) in [7, 11) is 0. The highest BCUT2D eigenvalue weighted by atomic mass is 35.5. The van der Waals surface area contributed by atoms with Crippen LogP contribution in [-0.4, -0.2) is 43.7 Å². The molecule has 150 valence electrons. The van der Waals surface area contributed by atoms with E-state index in [0.717, 1.165) is 37.5 Å². The quantitative estimate of drug-likeness (QED) is 0.774. The number of halogens is 1. The Kier molecular flexibility index (Phi) is 6.65. The molecule has 2 aromatic carbocycles. The van der Waals surface area contributed by atoms with Crippen LogP contribution in [0.25, 0.3) is 0 Å². The smallest absolute Gasteiger partial charge is 0.238 e. The van der Waals surface area contributed by atoms with Crippen LogP contribution >= 0.6 is 12.4 Å². The summed E-state index contributed by atoms with van der Waals surface area (Å²) in [5, 5.41) is 6.43. The van der Waals surface area contributed by atoms with Crippen molar-refractivity contribution in [3.05, 3.63) is 47.5 Å². The maximum absolute atomic E-state index is 12.5. The normalized spacial score (nSPS) is 14.1. The van der Waals surface area contributed by atoms with Gasteiger partial charge in [0, 0.05) is 30.5 Å². The lowest BCUT2D eigenvalue weighted by Gasteiger charge is -2.22. The highest BCUT2D eigenvalue weighted by molar-refractivity contribution is 5.92. The lowest BCUT2D eigenvalue weighted by atomic mass is 10.1. The molecule has 0 aromatic heterocycles. The van der Waals surface area contributed by atoms with Crippen LogP contribution in [0.15, 0.2) is 36.4 Å². The van der Waals surface area contributed by atoms with Gasteiger partial charge in [0.2, 0.25) is 5.91 Å². The number of para-hydroxylation sites is 1. The van der Waals surface area contributed by atoms with Gasteiger partial charge < -0.3 is 20.1 Å². The van der Waals surface area contributed by atoms with Crippen LogP contribution in [0.5, 0.6) is 11.5 Å². The molecule has 0 radical (unpaired) electrons. The second-order valence-electron chi connectivity index (χ2n) is 6.84. The van der Waals surface area contributed by atoms with Crippen molar-refractivity contribution in [2.24, 2.45) is 0 Å². The molecule has 1 amide bonds. The van der Waals surface area contributed by atoms with E-state index in [2.05, 4.69) is 40.7 Å². The van der Waals surface area contributed by atoms with E-state index < -0.39 is 0 Å². The number of hydrogen-bond acceptors (Lipinski definition) is 5. The minimum atomic E-state index is -0.0333. The molecule has 2 aliphatic rings. The molecule has 0 saturated heterocycles. The predicted octanol–water partition coefficient (Wildman–Crippen LogP) is 3.31. The van der Waals surface area contributed by atoms with Gasteiger partial charge in [0.05, 0.1) is 6.54 Å². The number of nitrogens with zero attached hydrogens (tertiary/aromatic N) is 1. The topological polar surface area (TPSA) is 62.8 Å². The summed E-state index contributed by atoms with van der Waals surface area (Å²) in [6.45, 7) is 6.05. The molecular formula is C21H26ClN3O3. The number of benzene rings is 2. The molecule has 0 aliphatic carbocycles. The largest absolute Gasteiger partial charge is 0.486 e. The van der Waals surface area contributed by atoms with E-state index in [1.165, 1.54) is 16.8 Å². The van der Waals surface area contributed by atoms with Crippen LogP contribution < -0.4 is 20.1 Å². The fourth-order valence-corrected chi connectivity index (χ4v) is 3.59. The summed E-state index contributed by atoms with van der Waals surface area (Å²) in [6.07, 6.45) is 1.07. The number of anilines is 2. The SMILES string of the molecule is CCN(CC(=O)Nc1ccc2c(c1)OCCO2)Cc1cccc2c1NCC2.Cl. The fraction of sp³-hybridized carbons (Fsp3) is 0.381. The summed E-state index contributed by atoms with van der Waals surface area (Å²) in [5.74, 6) is 1.37. The molecule has 2 N–H and O–H groups in total. The summed E-state index contributed by atoms with van der Waals surface area (Å²) in [5.41, 5.74) is 4.58. The Morgan fingerprint density at radius 2 is 2.00 bits per heavy atom. The van der Waals surface area contributed by atoms with E-state index in [4.69, 9.17) is 9.47 Å². The highest BCUT2D eigenvalue weighted by Gasteiger charge is 2.17. The number of nitrogens with one attached hydrogen (secondary N) is 2. The number of fused-ring (bicyclic) bond motifs is 2. The Balaban J connectivity index is 0.00000225.